The molecule has 1 aromatic heterocycles. The molecule has 1 amide bonds. The molecule has 0 aromatic carbocycles. The molecule has 22 heavy (non-hydrogen) atoms. The van der Waals surface area contributed by atoms with Crippen LogP contribution in [0.25, 0.3) is 0 Å². The largest absolute Gasteiger partial charge is 0.481 e. The van der Waals surface area contributed by atoms with Gasteiger partial charge >= 0.3 is 5.97 Å². The van der Waals surface area contributed by atoms with E-state index in [1.165, 1.54) is 10.4 Å². The van der Waals surface area contributed by atoms with Crippen molar-refractivity contribution in [3.05, 3.63) is 21.4 Å². The number of likely N-dealkylation sites (tertiary alicyclic amines) is 1. The fraction of sp³-hybridized carbons (Fsp3) is 0.647. The highest BCUT2D eigenvalue weighted by Gasteiger charge is 2.34. The number of carbonyl (C=O) groups is 2. The summed E-state index contributed by atoms with van der Waals surface area (Å²) >= 11 is 1.69. The quantitative estimate of drug-likeness (QED) is 0.911. The van der Waals surface area contributed by atoms with Gasteiger partial charge in [0.1, 0.15) is 0 Å². The van der Waals surface area contributed by atoms with Crippen molar-refractivity contribution in [1.82, 2.24) is 4.90 Å². The van der Waals surface area contributed by atoms with E-state index in [0.29, 0.717) is 25.4 Å². The van der Waals surface area contributed by atoms with Gasteiger partial charge in [-0.2, -0.15) is 0 Å². The Morgan fingerprint density at radius 2 is 2.05 bits per heavy atom. The number of amides is 1. The van der Waals surface area contributed by atoms with E-state index in [1.54, 1.807) is 16.2 Å². The topological polar surface area (TPSA) is 57.6 Å². The predicted octanol–water partition coefficient (Wildman–Crippen LogP) is 3.06. The Kier molecular flexibility index (Phi) is 4.26. The van der Waals surface area contributed by atoms with Crippen LogP contribution >= 0.6 is 11.3 Å². The second-order valence-corrected chi connectivity index (χ2v) is 7.95. The lowest BCUT2D eigenvalue weighted by Crippen LogP contribution is -2.45. The molecule has 3 unspecified atom stereocenters. The minimum Gasteiger partial charge on any atom is -0.481 e. The monoisotopic (exact) mass is 321 g/mol. The van der Waals surface area contributed by atoms with Gasteiger partial charge in [-0.15, -0.1) is 11.3 Å². The number of carbonyl (C=O) groups excluding carboxylic acids is 1. The maximum Gasteiger partial charge on any atom is 0.308 e. The molecule has 1 aliphatic carbocycles. The van der Waals surface area contributed by atoms with E-state index in [-0.39, 0.29) is 11.8 Å². The number of nitrogens with zero attached hydrogens (tertiary/aromatic N) is 1. The molecule has 0 saturated carbocycles. The highest BCUT2D eigenvalue weighted by molar-refractivity contribution is 7.10. The molecular weight excluding hydrogens is 298 g/mol. The molecule has 120 valence electrons. The van der Waals surface area contributed by atoms with Crippen molar-refractivity contribution in [3.63, 3.8) is 0 Å². The highest BCUT2D eigenvalue weighted by Crippen LogP contribution is 2.34. The van der Waals surface area contributed by atoms with Crippen LogP contribution in [0.1, 0.15) is 47.5 Å². The molecule has 2 aliphatic rings. The van der Waals surface area contributed by atoms with Gasteiger partial charge in [0.05, 0.1) is 11.5 Å². The lowest BCUT2D eigenvalue weighted by molar-refractivity contribution is -0.143. The molecule has 1 aromatic rings. The van der Waals surface area contributed by atoms with E-state index in [0.717, 1.165) is 24.8 Å². The van der Waals surface area contributed by atoms with Crippen molar-refractivity contribution >= 4 is 23.2 Å². The van der Waals surface area contributed by atoms with E-state index < -0.39 is 11.9 Å². The average Bonchev–Trinajstić information content (AvgIpc) is 2.88. The first-order valence-corrected chi connectivity index (χ1v) is 8.95. The summed E-state index contributed by atoms with van der Waals surface area (Å²) in [6, 6.07) is 0. The summed E-state index contributed by atoms with van der Waals surface area (Å²) in [5.74, 6) is -0.244. The van der Waals surface area contributed by atoms with Gasteiger partial charge in [-0.1, -0.05) is 13.8 Å². The first-order chi connectivity index (χ1) is 10.5. The maximum atomic E-state index is 12.9. The minimum atomic E-state index is -0.787. The molecule has 3 atom stereocenters. The van der Waals surface area contributed by atoms with Crippen LogP contribution < -0.4 is 0 Å². The van der Waals surface area contributed by atoms with Crippen LogP contribution in [-0.4, -0.2) is 35.0 Å². The molecule has 1 saturated heterocycles. The van der Waals surface area contributed by atoms with Crippen LogP contribution in [0.2, 0.25) is 0 Å². The Balaban J connectivity index is 1.80. The number of hydrogen-bond donors (Lipinski definition) is 1. The smallest absolute Gasteiger partial charge is 0.308 e. The number of piperidine rings is 1. The Morgan fingerprint density at radius 3 is 2.77 bits per heavy atom. The van der Waals surface area contributed by atoms with E-state index in [2.05, 4.69) is 6.92 Å². The second kappa shape index (κ2) is 6.03. The zero-order chi connectivity index (χ0) is 15.9. The summed E-state index contributed by atoms with van der Waals surface area (Å²) in [5.41, 5.74) is 2.04. The molecule has 3 rings (SSSR count). The molecule has 2 heterocycles. The van der Waals surface area contributed by atoms with Crippen LogP contribution in [0, 0.1) is 17.8 Å². The molecule has 4 nitrogen and oxygen atoms in total. The third kappa shape index (κ3) is 2.91. The summed E-state index contributed by atoms with van der Waals surface area (Å²) < 4.78 is 0. The second-order valence-electron chi connectivity index (χ2n) is 6.99. The lowest BCUT2D eigenvalue weighted by Gasteiger charge is -2.35. The van der Waals surface area contributed by atoms with Crippen molar-refractivity contribution in [1.29, 1.82) is 0 Å². The van der Waals surface area contributed by atoms with E-state index in [1.807, 2.05) is 12.3 Å². The number of carboxylic acid groups (broad SMARTS) is 1. The van der Waals surface area contributed by atoms with Crippen LogP contribution in [0.5, 0.6) is 0 Å². The van der Waals surface area contributed by atoms with E-state index in [9.17, 15) is 14.7 Å². The average molecular weight is 321 g/mol. The molecule has 1 N–H and O–H groups in total. The number of fused-ring (bicyclic) bond motifs is 1. The Labute approximate surface area is 135 Å². The predicted molar refractivity (Wildman–Crippen MR) is 86.3 cm³/mol. The van der Waals surface area contributed by atoms with E-state index in [4.69, 9.17) is 0 Å². The van der Waals surface area contributed by atoms with Gasteiger partial charge in [-0.3, -0.25) is 9.59 Å². The van der Waals surface area contributed by atoms with Crippen molar-refractivity contribution in [2.24, 2.45) is 17.8 Å². The number of thiophene rings is 1. The van der Waals surface area contributed by atoms with Crippen LogP contribution in [0.15, 0.2) is 5.38 Å². The summed E-state index contributed by atoms with van der Waals surface area (Å²) in [7, 11) is 0. The van der Waals surface area contributed by atoms with Crippen molar-refractivity contribution in [2.45, 2.75) is 39.5 Å². The van der Waals surface area contributed by atoms with Crippen molar-refractivity contribution in [3.8, 4) is 0 Å². The summed E-state index contributed by atoms with van der Waals surface area (Å²) in [5, 5.41) is 11.3. The van der Waals surface area contributed by atoms with Gasteiger partial charge in [0, 0.05) is 23.3 Å². The zero-order valence-electron chi connectivity index (χ0n) is 13.2. The van der Waals surface area contributed by atoms with E-state index >= 15 is 0 Å². The Bertz CT molecular complexity index is 595. The SMILES string of the molecule is CC1CCc2c(C(=O)N3CC(C)CC(C(=O)O)C3)csc2C1. The molecule has 5 heteroatoms. The number of carboxylic acids is 1. The van der Waals surface area contributed by atoms with Gasteiger partial charge in [-0.05, 0) is 43.1 Å². The Morgan fingerprint density at radius 1 is 1.27 bits per heavy atom. The van der Waals surface area contributed by atoms with Crippen LogP contribution in [-0.2, 0) is 17.6 Å². The molecule has 1 aliphatic heterocycles. The van der Waals surface area contributed by atoms with Gasteiger partial charge < -0.3 is 10.0 Å². The third-order valence-corrected chi connectivity index (χ3v) is 5.98. The van der Waals surface area contributed by atoms with Crippen LogP contribution in [0.4, 0.5) is 0 Å². The Hall–Kier alpha value is -1.36. The normalized spacial score (nSPS) is 28.3. The molecular formula is C17H23NO3S. The number of rotatable bonds is 2. The maximum absolute atomic E-state index is 12.9. The minimum absolute atomic E-state index is 0.0323. The molecule has 0 spiro atoms. The van der Waals surface area contributed by atoms with Gasteiger partial charge in [0.15, 0.2) is 0 Å². The fourth-order valence-corrected chi connectivity index (χ4v) is 4.96. The molecule has 0 radical (unpaired) electrons. The van der Waals surface area contributed by atoms with Gasteiger partial charge in [-0.25, -0.2) is 0 Å². The van der Waals surface area contributed by atoms with Crippen molar-refractivity contribution < 1.29 is 14.7 Å². The lowest BCUT2D eigenvalue weighted by atomic mass is 9.87. The highest BCUT2D eigenvalue weighted by atomic mass is 32.1. The summed E-state index contributed by atoms with van der Waals surface area (Å²) in [6.07, 6.45) is 3.85. The molecule has 0 bridgehead atoms. The van der Waals surface area contributed by atoms with Crippen LogP contribution in [0.3, 0.4) is 0 Å². The van der Waals surface area contributed by atoms with Gasteiger partial charge in [0.2, 0.25) is 0 Å². The number of hydrogen-bond acceptors (Lipinski definition) is 3. The fourth-order valence-electron chi connectivity index (χ4n) is 3.72. The third-order valence-electron chi connectivity index (χ3n) is 4.93. The first-order valence-electron chi connectivity index (χ1n) is 8.07. The number of aliphatic carboxylic acids is 1. The van der Waals surface area contributed by atoms with Crippen molar-refractivity contribution in [2.75, 3.05) is 13.1 Å². The zero-order valence-corrected chi connectivity index (χ0v) is 14.0. The van der Waals surface area contributed by atoms with Gasteiger partial charge in [0.25, 0.3) is 5.91 Å². The summed E-state index contributed by atoms with van der Waals surface area (Å²) in [4.78, 5) is 27.3. The standard InChI is InChI=1S/C17H23NO3S/c1-10-3-4-13-14(9-22-15(13)6-10)16(19)18-7-11(2)5-12(8-18)17(20)21/h9-12H,3-8H2,1-2H3,(H,20,21). The first kappa shape index (κ1) is 15.5. The summed E-state index contributed by atoms with van der Waals surface area (Å²) in [6.45, 7) is 5.30. The molecule has 1 fully saturated rings.